The molecular formula is C19H23N5. The van der Waals surface area contributed by atoms with Crippen LogP contribution in [0.3, 0.4) is 0 Å². The normalized spacial score (nSPS) is 11.8. The number of benzene rings is 2. The predicted octanol–water partition coefficient (Wildman–Crippen LogP) is 3.47. The number of para-hydroxylation sites is 2. The minimum absolute atomic E-state index is 0.452. The number of rotatable bonds is 5. The third-order valence-corrected chi connectivity index (χ3v) is 3.96. The quantitative estimate of drug-likeness (QED) is 0.429. The van der Waals surface area contributed by atoms with E-state index < -0.39 is 0 Å². The van der Waals surface area contributed by atoms with Crippen molar-refractivity contribution in [3.63, 3.8) is 0 Å². The van der Waals surface area contributed by atoms with Crippen LogP contribution in [0.25, 0.3) is 11.0 Å². The summed E-state index contributed by atoms with van der Waals surface area (Å²) in [5, 5.41) is 3.13. The lowest BCUT2D eigenvalue weighted by Gasteiger charge is -2.07. The fraction of sp³-hybridized carbons (Fsp3) is 0.263. The maximum atomic E-state index is 5.96. The summed E-state index contributed by atoms with van der Waals surface area (Å²) >= 11 is 0. The lowest BCUT2D eigenvalue weighted by molar-refractivity contribution is 0.649. The van der Waals surface area contributed by atoms with Gasteiger partial charge in [0.05, 0.1) is 11.0 Å². The van der Waals surface area contributed by atoms with Gasteiger partial charge in [0.25, 0.3) is 0 Å². The molecule has 0 radical (unpaired) electrons. The van der Waals surface area contributed by atoms with Crippen molar-refractivity contribution in [1.29, 1.82) is 0 Å². The SMILES string of the molecule is Cc1cccc(NC(N)=NCCCn2c(C)nc3ccccc32)c1. The Balaban J connectivity index is 1.57. The Morgan fingerprint density at radius 3 is 2.83 bits per heavy atom. The van der Waals surface area contributed by atoms with Gasteiger partial charge in [-0.15, -0.1) is 0 Å². The van der Waals surface area contributed by atoms with E-state index in [0.29, 0.717) is 12.5 Å². The van der Waals surface area contributed by atoms with Gasteiger partial charge in [0, 0.05) is 18.8 Å². The molecule has 0 unspecified atom stereocenters. The molecule has 5 heteroatoms. The van der Waals surface area contributed by atoms with Crippen LogP contribution in [0.4, 0.5) is 5.69 Å². The van der Waals surface area contributed by atoms with Crippen LogP contribution in [0.5, 0.6) is 0 Å². The Kier molecular flexibility index (Phi) is 4.79. The van der Waals surface area contributed by atoms with E-state index in [2.05, 4.69) is 38.9 Å². The highest BCUT2D eigenvalue weighted by Crippen LogP contribution is 2.15. The number of hydrogen-bond acceptors (Lipinski definition) is 2. The minimum Gasteiger partial charge on any atom is -0.370 e. The molecular weight excluding hydrogens is 298 g/mol. The number of nitrogens with two attached hydrogens (primary N) is 1. The van der Waals surface area contributed by atoms with E-state index in [4.69, 9.17) is 5.73 Å². The Hall–Kier alpha value is -2.82. The first-order valence-electron chi connectivity index (χ1n) is 8.19. The van der Waals surface area contributed by atoms with Crippen molar-refractivity contribution >= 4 is 22.7 Å². The first-order chi connectivity index (χ1) is 11.6. The van der Waals surface area contributed by atoms with E-state index in [-0.39, 0.29) is 0 Å². The number of aryl methyl sites for hydroxylation is 3. The molecule has 3 rings (SSSR count). The monoisotopic (exact) mass is 321 g/mol. The summed E-state index contributed by atoms with van der Waals surface area (Å²) in [7, 11) is 0. The summed E-state index contributed by atoms with van der Waals surface area (Å²) in [6.45, 7) is 5.65. The topological polar surface area (TPSA) is 68.2 Å². The number of anilines is 1. The zero-order chi connectivity index (χ0) is 16.9. The van der Waals surface area contributed by atoms with Crippen molar-refractivity contribution in [1.82, 2.24) is 9.55 Å². The van der Waals surface area contributed by atoms with Crippen LogP contribution in [-0.2, 0) is 6.54 Å². The van der Waals surface area contributed by atoms with E-state index >= 15 is 0 Å². The molecule has 0 saturated carbocycles. The number of fused-ring (bicyclic) bond motifs is 1. The molecule has 5 nitrogen and oxygen atoms in total. The lowest BCUT2D eigenvalue weighted by atomic mass is 10.2. The summed E-state index contributed by atoms with van der Waals surface area (Å²) in [4.78, 5) is 8.99. The van der Waals surface area contributed by atoms with Crippen molar-refractivity contribution in [2.75, 3.05) is 11.9 Å². The van der Waals surface area contributed by atoms with Gasteiger partial charge >= 0.3 is 0 Å². The molecule has 0 amide bonds. The molecule has 0 aliphatic carbocycles. The van der Waals surface area contributed by atoms with Gasteiger partial charge in [0.2, 0.25) is 0 Å². The number of nitrogens with one attached hydrogen (secondary N) is 1. The second kappa shape index (κ2) is 7.17. The van der Waals surface area contributed by atoms with Crippen LogP contribution in [-0.4, -0.2) is 22.1 Å². The molecule has 124 valence electrons. The molecule has 0 bridgehead atoms. The largest absolute Gasteiger partial charge is 0.370 e. The summed E-state index contributed by atoms with van der Waals surface area (Å²) < 4.78 is 2.23. The Bertz CT molecular complexity index is 863. The fourth-order valence-corrected chi connectivity index (χ4v) is 2.82. The van der Waals surface area contributed by atoms with Gasteiger partial charge in [-0.25, -0.2) is 4.98 Å². The van der Waals surface area contributed by atoms with E-state index in [9.17, 15) is 0 Å². The summed E-state index contributed by atoms with van der Waals surface area (Å²) in [5.74, 6) is 1.49. The fourth-order valence-electron chi connectivity index (χ4n) is 2.82. The van der Waals surface area contributed by atoms with E-state index in [1.54, 1.807) is 0 Å². The van der Waals surface area contributed by atoms with Crippen molar-refractivity contribution < 1.29 is 0 Å². The van der Waals surface area contributed by atoms with Gasteiger partial charge in [-0.1, -0.05) is 24.3 Å². The zero-order valence-electron chi connectivity index (χ0n) is 14.2. The Morgan fingerprint density at radius 1 is 1.17 bits per heavy atom. The molecule has 0 aliphatic heterocycles. The predicted molar refractivity (Wildman–Crippen MR) is 100 cm³/mol. The standard InChI is InChI=1S/C19H23N5/c1-14-7-5-8-16(13-14)23-19(20)21-11-6-12-24-15(2)22-17-9-3-4-10-18(17)24/h3-5,7-10,13H,6,11-12H2,1-2H3,(H3,20,21,23). The molecule has 3 N–H and O–H groups in total. The molecule has 0 saturated heterocycles. The lowest BCUT2D eigenvalue weighted by Crippen LogP contribution is -2.23. The van der Waals surface area contributed by atoms with Crippen LogP contribution in [0, 0.1) is 13.8 Å². The van der Waals surface area contributed by atoms with Gasteiger partial charge in [-0.2, -0.15) is 0 Å². The van der Waals surface area contributed by atoms with Gasteiger partial charge in [-0.05, 0) is 50.1 Å². The molecule has 0 atom stereocenters. The highest BCUT2D eigenvalue weighted by Gasteiger charge is 2.05. The van der Waals surface area contributed by atoms with Crippen LogP contribution in [0.15, 0.2) is 53.5 Å². The molecule has 0 spiro atoms. The van der Waals surface area contributed by atoms with E-state index in [1.165, 1.54) is 11.1 Å². The van der Waals surface area contributed by atoms with Gasteiger partial charge in [0.15, 0.2) is 5.96 Å². The second-order valence-corrected chi connectivity index (χ2v) is 5.91. The minimum atomic E-state index is 0.452. The molecule has 24 heavy (non-hydrogen) atoms. The smallest absolute Gasteiger partial charge is 0.193 e. The Labute approximate surface area is 142 Å². The molecule has 2 aromatic carbocycles. The molecule has 0 aliphatic rings. The van der Waals surface area contributed by atoms with Gasteiger partial charge < -0.3 is 15.6 Å². The highest BCUT2D eigenvalue weighted by atomic mass is 15.1. The molecule has 1 aromatic heterocycles. The maximum absolute atomic E-state index is 5.96. The summed E-state index contributed by atoms with van der Waals surface area (Å²) in [5.41, 5.74) is 10.3. The molecule has 1 heterocycles. The van der Waals surface area contributed by atoms with Crippen LogP contribution < -0.4 is 11.1 Å². The average Bonchev–Trinajstić information content (AvgIpc) is 2.87. The van der Waals surface area contributed by atoms with Crippen molar-refractivity contribution in [2.45, 2.75) is 26.8 Å². The third kappa shape index (κ3) is 3.74. The van der Waals surface area contributed by atoms with Crippen molar-refractivity contribution in [2.24, 2.45) is 10.7 Å². The maximum Gasteiger partial charge on any atom is 0.193 e. The number of aromatic nitrogens is 2. The molecule has 0 fully saturated rings. The summed E-state index contributed by atoms with van der Waals surface area (Å²) in [6.07, 6.45) is 0.914. The van der Waals surface area contributed by atoms with Gasteiger partial charge in [-0.3, -0.25) is 4.99 Å². The highest BCUT2D eigenvalue weighted by molar-refractivity contribution is 5.92. The number of guanidine groups is 1. The second-order valence-electron chi connectivity index (χ2n) is 5.91. The molecule has 3 aromatic rings. The van der Waals surface area contributed by atoms with Crippen LogP contribution >= 0.6 is 0 Å². The van der Waals surface area contributed by atoms with Crippen LogP contribution in [0.1, 0.15) is 17.8 Å². The number of nitrogens with zero attached hydrogens (tertiary/aromatic N) is 3. The average molecular weight is 321 g/mol. The van der Waals surface area contributed by atoms with Crippen LogP contribution in [0.2, 0.25) is 0 Å². The number of hydrogen-bond donors (Lipinski definition) is 2. The first-order valence-corrected chi connectivity index (χ1v) is 8.19. The summed E-state index contributed by atoms with van der Waals surface area (Å²) in [6, 6.07) is 16.3. The van der Waals surface area contributed by atoms with Gasteiger partial charge in [0.1, 0.15) is 5.82 Å². The van der Waals surface area contributed by atoms with Crippen molar-refractivity contribution in [3.05, 3.63) is 59.9 Å². The zero-order valence-corrected chi connectivity index (χ0v) is 14.2. The first kappa shape index (κ1) is 16.1. The Morgan fingerprint density at radius 2 is 2.00 bits per heavy atom. The number of imidazole rings is 1. The van der Waals surface area contributed by atoms with Crippen molar-refractivity contribution in [3.8, 4) is 0 Å². The number of aliphatic imine (C=N–C) groups is 1. The van der Waals surface area contributed by atoms with E-state index in [0.717, 1.165) is 30.0 Å². The van der Waals surface area contributed by atoms with E-state index in [1.807, 2.05) is 43.3 Å². The third-order valence-electron chi connectivity index (χ3n) is 3.96.